The van der Waals surface area contributed by atoms with Crippen molar-refractivity contribution < 1.29 is 9.53 Å². The van der Waals surface area contributed by atoms with Crippen molar-refractivity contribution in [3.8, 4) is 5.75 Å². The Labute approximate surface area is 115 Å². The normalized spacial score (nSPS) is 11.2. The molecule has 1 aromatic rings. The smallest absolute Gasteiger partial charge is 0.410 e. The van der Waals surface area contributed by atoms with E-state index in [-0.39, 0.29) is 11.6 Å². The van der Waals surface area contributed by atoms with Crippen LogP contribution in [0.3, 0.4) is 0 Å². The highest BCUT2D eigenvalue weighted by molar-refractivity contribution is 5.71. The predicted molar refractivity (Wildman–Crippen MR) is 77.2 cm³/mol. The first-order valence-electron chi connectivity index (χ1n) is 6.88. The molecule has 0 atom stereocenters. The molecule has 0 aliphatic heterocycles. The monoisotopic (exact) mass is 264 g/mol. The largest absolute Gasteiger partial charge is 0.415 e. The molecule has 1 amide bonds. The van der Waals surface area contributed by atoms with E-state index in [1.165, 1.54) is 0 Å². The second-order valence-electron chi connectivity index (χ2n) is 4.56. The third kappa shape index (κ3) is 3.47. The van der Waals surface area contributed by atoms with E-state index in [1.807, 2.05) is 25.1 Å². The summed E-state index contributed by atoms with van der Waals surface area (Å²) in [4.78, 5) is 14.1. The molecule has 0 bridgehead atoms. The highest BCUT2D eigenvalue weighted by Crippen LogP contribution is 2.24. The molecule has 0 heterocycles. The van der Waals surface area contributed by atoms with Crippen LogP contribution in [-0.2, 0) is 0 Å². The summed E-state index contributed by atoms with van der Waals surface area (Å²) in [6.07, 6.45) is 1.30. The van der Waals surface area contributed by atoms with E-state index in [0.717, 1.165) is 12.8 Å². The van der Waals surface area contributed by atoms with Crippen LogP contribution in [0, 0.1) is 0 Å². The SMILES string of the molecule is CCN(C(=O)Oc1ccccc1)C(CC)(CC)CN. The summed E-state index contributed by atoms with van der Waals surface area (Å²) >= 11 is 0. The number of amides is 1. The van der Waals surface area contributed by atoms with Gasteiger partial charge in [0.1, 0.15) is 5.75 Å². The van der Waals surface area contributed by atoms with E-state index in [9.17, 15) is 4.79 Å². The fourth-order valence-electron chi connectivity index (χ4n) is 2.33. The molecule has 1 aromatic carbocycles. The summed E-state index contributed by atoms with van der Waals surface area (Å²) in [5.41, 5.74) is 5.57. The molecule has 4 nitrogen and oxygen atoms in total. The average Bonchev–Trinajstić information content (AvgIpc) is 2.45. The highest BCUT2D eigenvalue weighted by atomic mass is 16.6. The van der Waals surface area contributed by atoms with Crippen LogP contribution in [-0.4, -0.2) is 29.6 Å². The third-order valence-corrected chi connectivity index (χ3v) is 3.75. The van der Waals surface area contributed by atoms with Crippen molar-refractivity contribution in [3.63, 3.8) is 0 Å². The number of likely N-dealkylation sites (N-methyl/N-ethyl adjacent to an activating group) is 1. The number of rotatable bonds is 6. The molecular weight excluding hydrogens is 240 g/mol. The van der Waals surface area contributed by atoms with Crippen LogP contribution >= 0.6 is 0 Å². The molecule has 0 spiro atoms. The van der Waals surface area contributed by atoms with Gasteiger partial charge >= 0.3 is 6.09 Å². The van der Waals surface area contributed by atoms with E-state index in [1.54, 1.807) is 17.0 Å². The van der Waals surface area contributed by atoms with Crippen molar-refractivity contribution in [2.45, 2.75) is 39.2 Å². The standard InChI is InChI=1S/C15H24N2O2/c1-4-15(5-2,12-16)17(6-3)14(18)19-13-10-8-7-9-11-13/h7-11H,4-6,12,16H2,1-3H3. The first-order chi connectivity index (χ1) is 9.13. The molecule has 0 aromatic heterocycles. The van der Waals surface area contributed by atoms with Crippen LogP contribution in [0.15, 0.2) is 30.3 Å². The van der Waals surface area contributed by atoms with Gasteiger partial charge in [0, 0.05) is 13.1 Å². The summed E-state index contributed by atoms with van der Waals surface area (Å²) in [6, 6.07) is 9.11. The van der Waals surface area contributed by atoms with Crippen LogP contribution in [0.1, 0.15) is 33.6 Å². The molecule has 4 heteroatoms. The first-order valence-corrected chi connectivity index (χ1v) is 6.88. The van der Waals surface area contributed by atoms with Crippen LogP contribution in [0.2, 0.25) is 0 Å². The lowest BCUT2D eigenvalue weighted by molar-refractivity contribution is 0.0819. The number of carbonyl (C=O) groups is 1. The van der Waals surface area contributed by atoms with Crippen LogP contribution in [0.5, 0.6) is 5.75 Å². The predicted octanol–water partition coefficient (Wildman–Crippen LogP) is 3.02. The van der Waals surface area contributed by atoms with E-state index >= 15 is 0 Å². The molecule has 0 aliphatic rings. The zero-order valence-corrected chi connectivity index (χ0v) is 12.1. The molecule has 0 saturated heterocycles. The summed E-state index contributed by atoms with van der Waals surface area (Å²) in [7, 11) is 0. The summed E-state index contributed by atoms with van der Waals surface area (Å²) in [6.45, 7) is 7.08. The molecule has 0 aliphatic carbocycles. The van der Waals surface area contributed by atoms with Gasteiger partial charge < -0.3 is 15.4 Å². The van der Waals surface area contributed by atoms with Crippen molar-refractivity contribution >= 4 is 6.09 Å². The minimum atomic E-state index is -0.331. The number of carbonyl (C=O) groups excluding carboxylic acids is 1. The van der Waals surface area contributed by atoms with Gasteiger partial charge in [-0.3, -0.25) is 0 Å². The van der Waals surface area contributed by atoms with Gasteiger partial charge in [0.25, 0.3) is 0 Å². The zero-order chi connectivity index (χ0) is 14.3. The maximum absolute atomic E-state index is 12.3. The summed E-state index contributed by atoms with van der Waals surface area (Å²) in [5, 5.41) is 0. The number of nitrogens with two attached hydrogens (primary N) is 1. The number of hydrogen-bond acceptors (Lipinski definition) is 3. The number of para-hydroxylation sites is 1. The maximum Gasteiger partial charge on any atom is 0.415 e. The average molecular weight is 264 g/mol. The lowest BCUT2D eigenvalue weighted by Gasteiger charge is -2.41. The van der Waals surface area contributed by atoms with Crippen LogP contribution in [0.25, 0.3) is 0 Å². The van der Waals surface area contributed by atoms with Gasteiger partial charge in [0.05, 0.1) is 5.54 Å². The van der Waals surface area contributed by atoms with Gasteiger partial charge in [-0.25, -0.2) is 4.79 Å². The molecule has 0 fully saturated rings. The number of hydrogen-bond donors (Lipinski definition) is 1. The van der Waals surface area contributed by atoms with Crippen molar-refractivity contribution in [2.75, 3.05) is 13.1 Å². The van der Waals surface area contributed by atoms with E-state index in [2.05, 4.69) is 13.8 Å². The Balaban J connectivity index is 2.87. The fourth-order valence-corrected chi connectivity index (χ4v) is 2.33. The Hall–Kier alpha value is -1.55. The minimum Gasteiger partial charge on any atom is -0.410 e. The van der Waals surface area contributed by atoms with Gasteiger partial charge in [0.2, 0.25) is 0 Å². The first kappa shape index (κ1) is 15.5. The Morgan fingerprint density at radius 2 is 1.79 bits per heavy atom. The number of nitrogens with zero attached hydrogens (tertiary/aromatic N) is 1. The van der Waals surface area contributed by atoms with Gasteiger partial charge in [0.15, 0.2) is 0 Å². The molecule has 2 N–H and O–H groups in total. The van der Waals surface area contributed by atoms with Gasteiger partial charge in [-0.15, -0.1) is 0 Å². The van der Waals surface area contributed by atoms with Crippen LogP contribution < -0.4 is 10.5 Å². The lowest BCUT2D eigenvalue weighted by atomic mass is 9.91. The maximum atomic E-state index is 12.3. The van der Waals surface area contributed by atoms with Crippen molar-refractivity contribution in [1.29, 1.82) is 0 Å². The number of benzene rings is 1. The Morgan fingerprint density at radius 3 is 2.21 bits per heavy atom. The lowest BCUT2D eigenvalue weighted by Crippen LogP contribution is -2.56. The quantitative estimate of drug-likeness (QED) is 0.859. The third-order valence-electron chi connectivity index (χ3n) is 3.75. The van der Waals surface area contributed by atoms with Crippen LogP contribution in [0.4, 0.5) is 4.79 Å². The fraction of sp³-hybridized carbons (Fsp3) is 0.533. The van der Waals surface area contributed by atoms with Crippen molar-refractivity contribution in [1.82, 2.24) is 4.90 Å². The second-order valence-corrected chi connectivity index (χ2v) is 4.56. The number of ether oxygens (including phenoxy) is 1. The molecule has 0 saturated carbocycles. The minimum absolute atomic E-state index is 0.319. The Kier molecular flexibility index (Phi) is 5.83. The molecule has 19 heavy (non-hydrogen) atoms. The van der Waals surface area contributed by atoms with E-state index in [0.29, 0.717) is 18.8 Å². The van der Waals surface area contributed by atoms with E-state index in [4.69, 9.17) is 10.5 Å². The zero-order valence-electron chi connectivity index (χ0n) is 12.1. The summed E-state index contributed by atoms with van der Waals surface area (Å²) < 4.78 is 5.41. The van der Waals surface area contributed by atoms with Gasteiger partial charge in [-0.2, -0.15) is 0 Å². The van der Waals surface area contributed by atoms with Crippen molar-refractivity contribution in [2.24, 2.45) is 5.73 Å². The molecule has 0 unspecified atom stereocenters. The molecular formula is C15H24N2O2. The van der Waals surface area contributed by atoms with E-state index < -0.39 is 0 Å². The Morgan fingerprint density at radius 1 is 1.21 bits per heavy atom. The van der Waals surface area contributed by atoms with Gasteiger partial charge in [-0.05, 0) is 31.9 Å². The highest BCUT2D eigenvalue weighted by Gasteiger charge is 2.35. The second kappa shape index (κ2) is 7.14. The van der Waals surface area contributed by atoms with Crippen molar-refractivity contribution in [3.05, 3.63) is 30.3 Å². The summed E-state index contributed by atoms with van der Waals surface area (Å²) in [5.74, 6) is 0.559. The molecule has 106 valence electrons. The topological polar surface area (TPSA) is 55.6 Å². The molecule has 0 radical (unpaired) electrons. The molecule has 1 rings (SSSR count). The van der Waals surface area contributed by atoms with Gasteiger partial charge in [-0.1, -0.05) is 32.0 Å². The Bertz CT molecular complexity index is 380.